The molecular formula is C18H19N3OS. The van der Waals surface area contributed by atoms with Crippen LogP contribution in [0.2, 0.25) is 0 Å². The van der Waals surface area contributed by atoms with Crippen LogP contribution < -0.4 is 10.6 Å². The highest BCUT2D eigenvalue weighted by atomic mass is 32.1. The monoisotopic (exact) mass is 325 g/mol. The van der Waals surface area contributed by atoms with E-state index in [9.17, 15) is 4.79 Å². The fourth-order valence-corrected chi connectivity index (χ4v) is 3.38. The van der Waals surface area contributed by atoms with Crippen LogP contribution in [0.15, 0.2) is 42.5 Å². The third-order valence-corrected chi connectivity index (χ3v) is 4.89. The molecule has 1 aromatic heterocycles. The van der Waals surface area contributed by atoms with E-state index in [1.54, 1.807) is 7.05 Å². The van der Waals surface area contributed by atoms with E-state index in [1.165, 1.54) is 22.3 Å². The molecule has 0 saturated carbocycles. The Labute approximate surface area is 139 Å². The lowest BCUT2D eigenvalue weighted by Gasteiger charge is -2.15. The topological polar surface area (TPSA) is 54.0 Å². The van der Waals surface area contributed by atoms with Crippen molar-refractivity contribution in [3.05, 3.63) is 59.3 Å². The summed E-state index contributed by atoms with van der Waals surface area (Å²) in [5, 5.41) is 9.27. The minimum Gasteiger partial charge on any atom is -0.378 e. The van der Waals surface area contributed by atoms with Gasteiger partial charge in [0.1, 0.15) is 5.00 Å². The number of hydrogen-bond acceptors (Lipinski definition) is 4. The molecule has 1 amide bonds. The molecule has 1 heterocycles. The second kappa shape index (κ2) is 6.38. The van der Waals surface area contributed by atoms with Crippen LogP contribution in [0.1, 0.15) is 34.6 Å². The highest BCUT2D eigenvalue weighted by Crippen LogP contribution is 2.25. The van der Waals surface area contributed by atoms with Crippen LogP contribution in [0.5, 0.6) is 0 Å². The Balaban J connectivity index is 1.83. The van der Waals surface area contributed by atoms with Crippen LogP contribution in [0.4, 0.5) is 5.00 Å². The molecule has 4 nitrogen and oxygen atoms in total. The normalized spacial score (nSPS) is 12.1. The fraction of sp³-hybridized carbons (Fsp3) is 0.222. The van der Waals surface area contributed by atoms with Crippen LogP contribution in [-0.2, 0) is 0 Å². The third-order valence-electron chi connectivity index (χ3n) is 3.94. The number of aryl methyl sites for hydroxylation is 1. The summed E-state index contributed by atoms with van der Waals surface area (Å²) in [5.41, 5.74) is 2.47. The first-order valence-corrected chi connectivity index (χ1v) is 8.31. The molecule has 23 heavy (non-hydrogen) atoms. The number of anilines is 1. The fourth-order valence-electron chi connectivity index (χ4n) is 2.64. The molecule has 0 bridgehead atoms. The van der Waals surface area contributed by atoms with Crippen molar-refractivity contribution in [2.75, 3.05) is 12.4 Å². The van der Waals surface area contributed by atoms with Crippen molar-refractivity contribution in [1.29, 1.82) is 0 Å². The summed E-state index contributed by atoms with van der Waals surface area (Å²) < 4.78 is 4.25. The average Bonchev–Trinajstić information content (AvgIpc) is 2.95. The van der Waals surface area contributed by atoms with Crippen molar-refractivity contribution >= 4 is 33.2 Å². The van der Waals surface area contributed by atoms with Gasteiger partial charge in [0.2, 0.25) is 0 Å². The second-order valence-electron chi connectivity index (χ2n) is 5.52. The molecule has 0 unspecified atom stereocenters. The first-order valence-electron chi connectivity index (χ1n) is 7.53. The van der Waals surface area contributed by atoms with Gasteiger partial charge in [-0.3, -0.25) is 4.79 Å². The highest BCUT2D eigenvalue weighted by molar-refractivity contribution is 7.10. The van der Waals surface area contributed by atoms with Gasteiger partial charge in [0.05, 0.1) is 17.3 Å². The molecule has 1 atom stereocenters. The van der Waals surface area contributed by atoms with E-state index in [-0.39, 0.29) is 11.9 Å². The lowest BCUT2D eigenvalue weighted by Crippen LogP contribution is -2.27. The van der Waals surface area contributed by atoms with E-state index < -0.39 is 0 Å². The molecule has 0 fully saturated rings. The van der Waals surface area contributed by atoms with Gasteiger partial charge in [-0.2, -0.15) is 4.37 Å². The van der Waals surface area contributed by atoms with Gasteiger partial charge in [0.25, 0.3) is 5.91 Å². The van der Waals surface area contributed by atoms with Crippen molar-refractivity contribution in [2.45, 2.75) is 19.9 Å². The van der Waals surface area contributed by atoms with Crippen LogP contribution in [0.3, 0.4) is 0 Å². The minimum atomic E-state index is -0.0961. The lowest BCUT2D eigenvalue weighted by molar-refractivity contribution is 0.0940. The number of aromatic nitrogens is 1. The molecule has 0 saturated heterocycles. The maximum absolute atomic E-state index is 12.6. The first kappa shape index (κ1) is 15.5. The number of carbonyl (C=O) groups is 1. The number of hydrogen-bond donors (Lipinski definition) is 2. The third kappa shape index (κ3) is 3.05. The van der Waals surface area contributed by atoms with E-state index in [4.69, 9.17) is 0 Å². The van der Waals surface area contributed by atoms with Crippen LogP contribution in [-0.4, -0.2) is 17.3 Å². The summed E-state index contributed by atoms with van der Waals surface area (Å²) in [4.78, 5) is 12.6. The summed E-state index contributed by atoms with van der Waals surface area (Å²) in [6.07, 6.45) is 0. The molecule has 0 spiro atoms. The van der Waals surface area contributed by atoms with Crippen molar-refractivity contribution in [3.8, 4) is 0 Å². The van der Waals surface area contributed by atoms with Gasteiger partial charge in [-0.15, -0.1) is 0 Å². The molecule has 3 rings (SSSR count). The largest absolute Gasteiger partial charge is 0.378 e. The Morgan fingerprint density at radius 1 is 1.17 bits per heavy atom. The summed E-state index contributed by atoms with van der Waals surface area (Å²) >= 11 is 1.31. The number of fused-ring (bicyclic) bond motifs is 1. The number of amides is 1. The lowest BCUT2D eigenvalue weighted by atomic mass is 10.0. The average molecular weight is 325 g/mol. The van der Waals surface area contributed by atoms with E-state index in [2.05, 4.69) is 45.3 Å². The zero-order valence-corrected chi connectivity index (χ0v) is 14.2. The molecule has 2 N–H and O–H groups in total. The summed E-state index contributed by atoms with van der Waals surface area (Å²) in [6.45, 7) is 3.85. The van der Waals surface area contributed by atoms with Crippen LogP contribution in [0.25, 0.3) is 10.8 Å². The van der Waals surface area contributed by atoms with Crippen molar-refractivity contribution in [3.63, 3.8) is 0 Å². The Morgan fingerprint density at radius 3 is 2.65 bits per heavy atom. The number of nitrogens with zero attached hydrogens (tertiary/aromatic N) is 1. The number of benzene rings is 2. The van der Waals surface area contributed by atoms with E-state index in [0.29, 0.717) is 5.56 Å². The molecule has 0 aliphatic heterocycles. The first-order chi connectivity index (χ1) is 11.1. The Bertz CT molecular complexity index is 856. The van der Waals surface area contributed by atoms with Crippen LogP contribution >= 0.6 is 11.5 Å². The predicted molar refractivity (Wildman–Crippen MR) is 96.2 cm³/mol. The number of nitrogens with one attached hydrogen (secondary N) is 2. The minimum absolute atomic E-state index is 0.0730. The quantitative estimate of drug-likeness (QED) is 0.758. The molecule has 0 radical (unpaired) electrons. The zero-order chi connectivity index (χ0) is 16.4. The molecular weight excluding hydrogens is 306 g/mol. The van der Waals surface area contributed by atoms with Gasteiger partial charge < -0.3 is 10.6 Å². The maximum Gasteiger partial charge on any atom is 0.256 e. The number of rotatable bonds is 4. The van der Waals surface area contributed by atoms with Gasteiger partial charge in [-0.1, -0.05) is 36.4 Å². The highest BCUT2D eigenvalue weighted by Gasteiger charge is 2.19. The second-order valence-corrected chi connectivity index (χ2v) is 6.30. The van der Waals surface area contributed by atoms with Gasteiger partial charge >= 0.3 is 0 Å². The molecule has 5 heteroatoms. The van der Waals surface area contributed by atoms with Gasteiger partial charge in [0.15, 0.2) is 0 Å². The molecule has 0 aliphatic carbocycles. The van der Waals surface area contributed by atoms with Crippen molar-refractivity contribution < 1.29 is 4.79 Å². The number of carbonyl (C=O) groups excluding carboxylic acids is 1. The van der Waals surface area contributed by atoms with Crippen molar-refractivity contribution in [1.82, 2.24) is 9.69 Å². The molecule has 118 valence electrons. The molecule has 0 aliphatic rings. The van der Waals surface area contributed by atoms with Gasteiger partial charge in [-0.25, -0.2) is 0 Å². The summed E-state index contributed by atoms with van der Waals surface area (Å²) in [7, 11) is 1.80. The summed E-state index contributed by atoms with van der Waals surface area (Å²) in [6, 6.07) is 14.4. The summed E-state index contributed by atoms with van der Waals surface area (Å²) in [5.74, 6) is -0.0961. The Hall–Kier alpha value is -2.40. The predicted octanol–water partition coefficient (Wildman–Crippen LogP) is 4.14. The SMILES string of the molecule is CNc1snc(C)c1C(=O)N[C@@H](C)c1ccc2ccccc2c1. The van der Waals surface area contributed by atoms with E-state index in [1.807, 2.05) is 26.0 Å². The van der Waals surface area contributed by atoms with E-state index >= 15 is 0 Å². The van der Waals surface area contributed by atoms with E-state index in [0.717, 1.165) is 16.3 Å². The standard InChI is InChI=1S/C18H19N3OS/c1-11(14-9-8-13-6-4-5-7-15(13)10-14)20-17(22)16-12(2)21-23-18(16)19-3/h4-11,19H,1-3H3,(H,20,22)/t11-/m0/s1. The smallest absolute Gasteiger partial charge is 0.256 e. The van der Waals surface area contributed by atoms with Gasteiger partial charge in [0, 0.05) is 7.05 Å². The van der Waals surface area contributed by atoms with Gasteiger partial charge in [-0.05, 0) is 47.8 Å². The molecule has 3 aromatic rings. The Kier molecular flexibility index (Phi) is 4.30. The van der Waals surface area contributed by atoms with Crippen LogP contribution in [0, 0.1) is 6.92 Å². The zero-order valence-electron chi connectivity index (χ0n) is 13.4. The molecule has 2 aromatic carbocycles. The Morgan fingerprint density at radius 2 is 1.91 bits per heavy atom. The maximum atomic E-state index is 12.6. The van der Waals surface area contributed by atoms with Crippen molar-refractivity contribution in [2.24, 2.45) is 0 Å².